The summed E-state index contributed by atoms with van der Waals surface area (Å²) in [5.74, 6) is 1.76. The van der Waals surface area contributed by atoms with Crippen LogP contribution in [0.15, 0.2) is 55.4 Å². The van der Waals surface area contributed by atoms with Crippen molar-refractivity contribution in [2.75, 3.05) is 42.3 Å². The molecule has 29 heavy (non-hydrogen) atoms. The predicted octanol–water partition coefficient (Wildman–Crippen LogP) is 2.58. The summed E-state index contributed by atoms with van der Waals surface area (Å²) in [6, 6.07) is 9.85. The average Bonchev–Trinajstić information content (AvgIpc) is 3.29. The zero-order valence-electron chi connectivity index (χ0n) is 16.7. The number of aromatic nitrogens is 4. The highest BCUT2D eigenvalue weighted by Gasteiger charge is 2.26. The average molecular weight is 391 g/mol. The van der Waals surface area contributed by atoms with Gasteiger partial charge >= 0.3 is 0 Å². The third-order valence-corrected chi connectivity index (χ3v) is 5.25. The lowest BCUT2D eigenvalue weighted by atomic mass is 9.96. The number of nitrogens with zero attached hydrogens (tertiary/aromatic N) is 6. The smallest absolute Gasteiger partial charge is 0.227 e. The highest BCUT2D eigenvalue weighted by Crippen LogP contribution is 2.24. The zero-order valence-corrected chi connectivity index (χ0v) is 16.7. The molecule has 1 saturated heterocycles. The van der Waals surface area contributed by atoms with Crippen molar-refractivity contribution in [2.24, 2.45) is 5.92 Å². The van der Waals surface area contributed by atoms with Crippen LogP contribution >= 0.6 is 0 Å². The number of carbonyl (C=O) groups is 1. The van der Waals surface area contributed by atoms with E-state index in [-0.39, 0.29) is 11.8 Å². The molecule has 8 heteroatoms. The Hall–Kier alpha value is -3.42. The molecular weight excluding hydrogens is 366 g/mol. The van der Waals surface area contributed by atoms with Crippen molar-refractivity contribution in [1.82, 2.24) is 19.5 Å². The van der Waals surface area contributed by atoms with Crippen molar-refractivity contribution < 1.29 is 4.79 Å². The van der Waals surface area contributed by atoms with Crippen LogP contribution in [0.5, 0.6) is 0 Å². The van der Waals surface area contributed by atoms with E-state index in [1.54, 1.807) is 18.9 Å². The molecule has 2 aromatic heterocycles. The fraction of sp³-hybridized carbons (Fsp3) is 0.333. The van der Waals surface area contributed by atoms with E-state index in [1.807, 2.05) is 60.1 Å². The molecule has 0 atom stereocenters. The number of amides is 1. The minimum absolute atomic E-state index is 0.00901. The Balaban J connectivity index is 1.34. The third-order valence-electron chi connectivity index (χ3n) is 5.25. The molecule has 3 heterocycles. The zero-order chi connectivity index (χ0) is 20.2. The van der Waals surface area contributed by atoms with Gasteiger partial charge in [-0.3, -0.25) is 9.36 Å². The summed E-state index contributed by atoms with van der Waals surface area (Å²) in [7, 11) is 3.99. The van der Waals surface area contributed by atoms with Crippen LogP contribution in [0, 0.1) is 5.92 Å². The number of hydrogen-bond donors (Lipinski definition) is 1. The Labute approximate surface area is 170 Å². The molecule has 1 aliphatic rings. The van der Waals surface area contributed by atoms with Crippen molar-refractivity contribution in [3.05, 3.63) is 55.4 Å². The Morgan fingerprint density at radius 3 is 2.48 bits per heavy atom. The minimum atomic E-state index is 0.00901. The summed E-state index contributed by atoms with van der Waals surface area (Å²) in [5.41, 5.74) is 1.94. The first-order chi connectivity index (χ1) is 14.1. The van der Waals surface area contributed by atoms with Crippen molar-refractivity contribution >= 4 is 23.1 Å². The summed E-state index contributed by atoms with van der Waals surface area (Å²) in [6.45, 7) is 1.58. The van der Waals surface area contributed by atoms with Gasteiger partial charge in [-0.1, -0.05) is 0 Å². The predicted molar refractivity (Wildman–Crippen MR) is 113 cm³/mol. The highest BCUT2D eigenvalue weighted by atomic mass is 16.1. The molecule has 1 aliphatic heterocycles. The third kappa shape index (κ3) is 4.37. The van der Waals surface area contributed by atoms with Crippen LogP contribution < -0.4 is 15.1 Å². The van der Waals surface area contributed by atoms with Gasteiger partial charge in [-0.05, 0) is 37.1 Å². The van der Waals surface area contributed by atoms with Crippen molar-refractivity contribution in [1.29, 1.82) is 0 Å². The first-order valence-electron chi connectivity index (χ1n) is 9.74. The quantitative estimate of drug-likeness (QED) is 0.720. The van der Waals surface area contributed by atoms with E-state index >= 15 is 0 Å². The van der Waals surface area contributed by atoms with Gasteiger partial charge in [-0.25, -0.2) is 15.0 Å². The second-order valence-electron chi connectivity index (χ2n) is 7.40. The van der Waals surface area contributed by atoms with E-state index in [9.17, 15) is 4.79 Å². The lowest BCUT2D eigenvalue weighted by Crippen LogP contribution is -2.38. The molecule has 0 unspecified atom stereocenters. The molecule has 1 aromatic carbocycles. The molecule has 150 valence electrons. The molecule has 0 spiro atoms. The number of piperidine rings is 1. The highest BCUT2D eigenvalue weighted by molar-refractivity contribution is 5.92. The maximum absolute atomic E-state index is 12.7. The largest absolute Gasteiger partial charge is 0.378 e. The fourth-order valence-electron chi connectivity index (χ4n) is 3.50. The summed E-state index contributed by atoms with van der Waals surface area (Å²) in [4.78, 5) is 29.7. The molecule has 1 amide bonds. The molecule has 4 rings (SSSR count). The lowest BCUT2D eigenvalue weighted by molar-refractivity contribution is -0.120. The van der Waals surface area contributed by atoms with Crippen LogP contribution in [-0.2, 0) is 4.79 Å². The second kappa shape index (κ2) is 8.30. The molecule has 3 aromatic rings. The van der Waals surface area contributed by atoms with Crippen molar-refractivity contribution in [3.8, 4) is 5.82 Å². The Bertz CT molecular complexity index is 945. The van der Waals surface area contributed by atoms with Crippen LogP contribution in [-0.4, -0.2) is 52.6 Å². The van der Waals surface area contributed by atoms with Gasteiger partial charge in [-0.2, -0.15) is 0 Å². The summed E-state index contributed by atoms with van der Waals surface area (Å²) >= 11 is 0. The summed E-state index contributed by atoms with van der Waals surface area (Å²) < 4.78 is 1.85. The van der Waals surface area contributed by atoms with Crippen LogP contribution in [0.3, 0.4) is 0 Å². The maximum Gasteiger partial charge on any atom is 0.227 e. The van der Waals surface area contributed by atoms with Gasteiger partial charge in [0.05, 0.1) is 0 Å². The second-order valence-corrected chi connectivity index (χ2v) is 7.40. The van der Waals surface area contributed by atoms with Crippen LogP contribution in [0.2, 0.25) is 0 Å². The first-order valence-corrected chi connectivity index (χ1v) is 9.74. The molecule has 1 fully saturated rings. The normalized spacial score (nSPS) is 14.6. The Kier molecular flexibility index (Phi) is 5.41. The fourth-order valence-corrected chi connectivity index (χ4v) is 3.50. The monoisotopic (exact) mass is 391 g/mol. The van der Waals surface area contributed by atoms with E-state index in [1.165, 1.54) is 0 Å². The molecule has 1 N–H and O–H groups in total. The number of carbonyl (C=O) groups excluding carboxylic acids is 1. The standard InChI is InChI=1S/C21H25N7O/c1-26(2)18-5-3-17(4-6-18)25-21(29)16-7-10-27(11-8-16)19-13-20(24-14-23-19)28-12-9-22-15-28/h3-6,9,12-16H,7-8,10-11H2,1-2H3,(H,25,29). The molecular formula is C21H25N7O. The van der Waals surface area contributed by atoms with E-state index in [0.717, 1.165) is 48.9 Å². The van der Waals surface area contributed by atoms with E-state index in [0.29, 0.717) is 0 Å². The van der Waals surface area contributed by atoms with E-state index in [4.69, 9.17) is 0 Å². The Morgan fingerprint density at radius 1 is 1.10 bits per heavy atom. The van der Waals surface area contributed by atoms with Gasteiger partial charge < -0.3 is 15.1 Å². The summed E-state index contributed by atoms with van der Waals surface area (Å²) in [6.07, 6.45) is 8.46. The minimum Gasteiger partial charge on any atom is -0.378 e. The number of benzene rings is 1. The Morgan fingerprint density at radius 2 is 1.83 bits per heavy atom. The number of imidazole rings is 1. The number of rotatable bonds is 5. The molecule has 0 radical (unpaired) electrons. The number of anilines is 3. The topological polar surface area (TPSA) is 79.2 Å². The molecule has 8 nitrogen and oxygen atoms in total. The molecule has 0 aliphatic carbocycles. The van der Waals surface area contributed by atoms with Crippen LogP contribution in [0.1, 0.15) is 12.8 Å². The van der Waals surface area contributed by atoms with Crippen molar-refractivity contribution in [2.45, 2.75) is 12.8 Å². The lowest BCUT2D eigenvalue weighted by Gasteiger charge is -2.32. The van der Waals surface area contributed by atoms with Gasteiger partial charge in [0.2, 0.25) is 5.91 Å². The van der Waals surface area contributed by atoms with E-state index < -0.39 is 0 Å². The van der Waals surface area contributed by atoms with E-state index in [2.05, 4.69) is 25.2 Å². The van der Waals surface area contributed by atoms with Gasteiger partial charge in [0.25, 0.3) is 0 Å². The number of hydrogen-bond acceptors (Lipinski definition) is 6. The van der Waals surface area contributed by atoms with Gasteiger partial charge in [0.15, 0.2) is 0 Å². The SMILES string of the molecule is CN(C)c1ccc(NC(=O)C2CCN(c3cc(-n4ccnc4)ncn3)CC2)cc1. The van der Waals surface area contributed by atoms with Crippen molar-refractivity contribution in [3.63, 3.8) is 0 Å². The number of nitrogens with one attached hydrogen (secondary N) is 1. The van der Waals surface area contributed by atoms with Gasteiger partial charge in [0.1, 0.15) is 24.3 Å². The van der Waals surface area contributed by atoms with Gasteiger partial charge in [-0.15, -0.1) is 0 Å². The first kappa shape index (κ1) is 18.9. The molecule has 0 bridgehead atoms. The maximum atomic E-state index is 12.7. The van der Waals surface area contributed by atoms with Crippen LogP contribution in [0.4, 0.5) is 17.2 Å². The van der Waals surface area contributed by atoms with Crippen LogP contribution in [0.25, 0.3) is 5.82 Å². The molecule has 0 saturated carbocycles. The summed E-state index contributed by atoms with van der Waals surface area (Å²) in [5, 5.41) is 3.05. The van der Waals surface area contributed by atoms with Gasteiger partial charge in [0, 0.05) is 62.9 Å².